The Labute approximate surface area is 150 Å². The largest absolute Gasteiger partial charge is 0.395 e. The molecular formula is C20H19N3O3. The molecular weight excluding hydrogens is 330 g/mol. The van der Waals surface area contributed by atoms with Gasteiger partial charge in [-0.2, -0.15) is 9.78 Å². The molecule has 132 valence electrons. The van der Waals surface area contributed by atoms with Gasteiger partial charge in [0.15, 0.2) is 0 Å². The fraction of sp³-hybridized carbons (Fsp3) is 0.150. The van der Waals surface area contributed by atoms with Crippen LogP contribution in [0.5, 0.6) is 0 Å². The Morgan fingerprint density at radius 1 is 1.12 bits per heavy atom. The summed E-state index contributed by atoms with van der Waals surface area (Å²) in [6, 6.07) is 18.1. The second-order valence-corrected chi connectivity index (χ2v) is 5.84. The lowest BCUT2D eigenvalue weighted by atomic mass is 10.1. The summed E-state index contributed by atoms with van der Waals surface area (Å²) < 4.78 is 1.23. The number of hydrogen-bond donors (Lipinski definition) is 2. The number of hydrogen-bond acceptors (Lipinski definition) is 4. The van der Waals surface area contributed by atoms with Gasteiger partial charge in [-0.05, 0) is 25.1 Å². The number of benzene rings is 2. The number of nitrogens with one attached hydrogen (secondary N) is 1. The summed E-state index contributed by atoms with van der Waals surface area (Å²) in [6.07, 6.45) is 0. The monoisotopic (exact) mass is 349 g/mol. The smallest absolute Gasteiger partial charge is 0.284 e. The molecule has 0 bridgehead atoms. The number of amides is 1. The molecule has 1 heterocycles. The molecule has 26 heavy (non-hydrogen) atoms. The van der Waals surface area contributed by atoms with E-state index in [-0.39, 0.29) is 18.7 Å². The van der Waals surface area contributed by atoms with Gasteiger partial charge >= 0.3 is 0 Å². The lowest BCUT2D eigenvalue weighted by Crippen LogP contribution is -2.35. The van der Waals surface area contributed by atoms with E-state index in [4.69, 9.17) is 5.11 Å². The van der Waals surface area contributed by atoms with E-state index in [0.717, 1.165) is 11.1 Å². The van der Waals surface area contributed by atoms with E-state index >= 15 is 0 Å². The minimum atomic E-state index is -0.538. The minimum Gasteiger partial charge on any atom is -0.395 e. The van der Waals surface area contributed by atoms with Crippen molar-refractivity contribution in [2.24, 2.45) is 0 Å². The lowest BCUT2D eigenvalue weighted by molar-refractivity contribution is 0.0942. The van der Waals surface area contributed by atoms with E-state index in [1.165, 1.54) is 10.7 Å². The Balaban J connectivity index is 2.17. The molecule has 0 unspecified atom stereocenters. The molecule has 0 saturated carbocycles. The number of para-hydroxylation sites is 1. The summed E-state index contributed by atoms with van der Waals surface area (Å²) in [7, 11) is 0. The minimum absolute atomic E-state index is 0.0205. The molecule has 0 saturated heterocycles. The van der Waals surface area contributed by atoms with Gasteiger partial charge in [0.1, 0.15) is 5.56 Å². The Kier molecular flexibility index (Phi) is 5.24. The average molecular weight is 349 g/mol. The van der Waals surface area contributed by atoms with Crippen LogP contribution in [0.15, 0.2) is 65.5 Å². The molecule has 0 aliphatic heterocycles. The highest BCUT2D eigenvalue weighted by atomic mass is 16.3. The maximum atomic E-state index is 12.8. The summed E-state index contributed by atoms with van der Waals surface area (Å²) >= 11 is 0. The average Bonchev–Trinajstić information content (AvgIpc) is 2.67. The highest BCUT2D eigenvalue weighted by Crippen LogP contribution is 2.18. The third-order valence-corrected chi connectivity index (χ3v) is 3.90. The molecule has 2 N–H and O–H groups in total. The first-order valence-electron chi connectivity index (χ1n) is 8.26. The molecule has 0 radical (unpaired) electrons. The Morgan fingerprint density at radius 2 is 1.81 bits per heavy atom. The predicted molar refractivity (Wildman–Crippen MR) is 99.4 cm³/mol. The Bertz CT molecular complexity index is 964. The number of rotatable bonds is 5. The molecule has 1 aromatic heterocycles. The van der Waals surface area contributed by atoms with Gasteiger partial charge in [0, 0.05) is 12.1 Å². The molecule has 3 aromatic rings. The summed E-state index contributed by atoms with van der Waals surface area (Å²) in [4.78, 5) is 25.2. The van der Waals surface area contributed by atoms with Crippen LogP contribution in [0.3, 0.4) is 0 Å². The van der Waals surface area contributed by atoms with Crippen LogP contribution in [0.4, 0.5) is 0 Å². The van der Waals surface area contributed by atoms with Gasteiger partial charge in [-0.3, -0.25) is 9.59 Å². The van der Waals surface area contributed by atoms with E-state index in [9.17, 15) is 9.59 Å². The van der Waals surface area contributed by atoms with Gasteiger partial charge < -0.3 is 10.4 Å². The third-order valence-electron chi connectivity index (χ3n) is 3.90. The van der Waals surface area contributed by atoms with Crippen LogP contribution in [-0.2, 0) is 0 Å². The van der Waals surface area contributed by atoms with Crippen LogP contribution in [-0.4, -0.2) is 33.9 Å². The quantitative estimate of drug-likeness (QED) is 0.737. The van der Waals surface area contributed by atoms with Crippen molar-refractivity contribution in [1.29, 1.82) is 0 Å². The normalized spacial score (nSPS) is 10.5. The van der Waals surface area contributed by atoms with Crippen molar-refractivity contribution in [3.63, 3.8) is 0 Å². The summed E-state index contributed by atoms with van der Waals surface area (Å²) in [5.74, 6) is -0.538. The van der Waals surface area contributed by atoms with Gasteiger partial charge in [-0.1, -0.05) is 48.0 Å². The molecule has 0 spiro atoms. The number of carbonyl (C=O) groups is 1. The number of aliphatic hydroxyl groups is 1. The second-order valence-electron chi connectivity index (χ2n) is 5.84. The van der Waals surface area contributed by atoms with Gasteiger partial charge in [-0.25, -0.2) is 0 Å². The molecule has 6 nitrogen and oxygen atoms in total. The van der Waals surface area contributed by atoms with Crippen LogP contribution < -0.4 is 10.9 Å². The van der Waals surface area contributed by atoms with Gasteiger partial charge in [0.2, 0.25) is 0 Å². The first kappa shape index (κ1) is 17.6. The van der Waals surface area contributed by atoms with E-state index in [0.29, 0.717) is 11.4 Å². The van der Waals surface area contributed by atoms with Gasteiger partial charge in [0.05, 0.1) is 18.0 Å². The molecule has 0 fully saturated rings. The first-order chi connectivity index (χ1) is 12.6. The molecule has 0 aliphatic carbocycles. The number of carbonyl (C=O) groups excluding carboxylic acids is 1. The Morgan fingerprint density at radius 3 is 2.46 bits per heavy atom. The molecule has 1 amide bonds. The van der Waals surface area contributed by atoms with E-state index in [1.54, 1.807) is 24.3 Å². The standard InChI is InChI=1S/C20H19N3O3/c1-14-7-9-15(10-8-14)18-13-17(19(25)21-11-12-24)20(26)23(22-18)16-5-3-2-4-6-16/h2-10,13,24H,11-12H2,1H3,(H,21,25). The van der Waals surface area contributed by atoms with Crippen molar-refractivity contribution in [3.05, 3.63) is 82.1 Å². The van der Waals surface area contributed by atoms with Crippen molar-refractivity contribution in [2.75, 3.05) is 13.2 Å². The van der Waals surface area contributed by atoms with Gasteiger partial charge in [0.25, 0.3) is 11.5 Å². The van der Waals surface area contributed by atoms with E-state index in [1.807, 2.05) is 37.3 Å². The van der Waals surface area contributed by atoms with Crippen molar-refractivity contribution >= 4 is 5.91 Å². The molecule has 6 heteroatoms. The van der Waals surface area contributed by atoms with Crippen LogP contribution in [0.1, 0.15) is 15.9 Å². The fourth-order valence-electron chi connectivity index (χ4n) is 2.53. The molecule has 0 aliphatic rings. The molecule has 2 aromatic carbocycles. The maximum absolute atomic E-state index is 12.8. The summed E-state index contributed by atoms with van der Waals surface area (Å²) in [5.41, 5.74) is 2.46. The van der Waals surface area contributed by atoms with E-state index < -0.39 is 11.5 Å². The zero-order chi connectivity index (χ0) is 18.5. The highest BCUT2D eigenvalue weighted by Gasteiger charge is 2.17. The number of aliphatic hydroxyl groups excluding tert-OH is 1. The van der Waals surface area contributed by atoms with Crippen molar-refractivity contribution in [3.8, 4) is 16.9 Å². The SMILES string of the molecule is Cc1ccc(-c2cc(C(=O)NCCO)c(=O)n(-c3ccccc3)n2)cc1. The molecule has 0 atom stereocenters. The van der Waals surface area contributed by atoms with Crippen molar-refractivity contribution in [2.45, 2.75) is 6.92 Å². The summed E-state index contributed by atoms with van der Waals surface area (Å²) in [5, 5.41) is 15.9. The van der Waals surface area contributed by atoms with Crippen LogP contribution in [0.2, 0.25) is 0 Å². The van der Waals surface area contributed by atoms with E-state index in [2.05, 4.69) is 10.4 Å². The fourth-order valence-corrected chi connectivity index (χ4v) is 2.53. The zero-order valence-corrected chi connectivity index (χ0v) is 14.3. The predicted octanol–water partition coefficient (Wildman–Crippen LogP) is 1.93. The van der Waals surface area contributed by atoms with Crippen molar-refractivity contribution < 1.29 is 9.90 Å². The topological polar surface area (TPSA) is 84.2 Å². The summed E-state index contributed by atoms with van der Waals surface area (Å²) in [6.45, 7) is 1.86. The number of nitrogens with zero attached hydrogens (tertiary/aromatic N) is 2. The van der Waals surface area contributed by atoms with Crippen LogP contribution in [0, 0.1) is 6.92 Å². The maximum Gasteiger partial charge on any atom is 0.284 e. The first-order valence-corrected chi connectivity index (χ1v) is 8.26. The lowest BCUT2D eigenvalue weighted by Gasteiger charge is -2.11. The number of aromatic nitrogens is 2. The van der Waals surface area contributed by atoms with Gasteiger partial charge in [-0.15, -0.1) is 0 Å². The van der Waals surface area contributed by atoms with Crippen LogP contribution >= 0.6 is 0 Å². The zero-order valence-electron chi connectivity index (χ0n) is 14.3. The number of aryl methyl sites for hydroxylation is 1. The molecule has 3 rings (SSSR count). The van der Waals surface area contributed by atoms with Crippen LogP contribution in [0.25, 0.3) is 16.9 Å². The van der Waals surface area contributed by atoms with Crippen molar-refractivity contribution in [1.82, 2.24) is 15.1 Å². The third kappa shape index (κ3) is 3.70. The second kappa shape index (κ2) is 7.76. The Hall–Kier alpha value is -3.25. The highest BCUT2D eigenvalue weighted by molar-refractivity contribution is 5.94.